The summed E-state index contributed by atoms with van der Waals surface area (Å²) in [7, 11) is -2.77. The van der Waals surface area contributed by atoms with E-state index in [1.807, 2.05) is 0 Å². The Hall–Kier alpha value is -1.85. The van der Waals surface area contributed by atoms with Crippen LogP contribution >= 0.6 is 15.9 Å². The Morgan fingerprint density at radius 3 is 2.27 bits per heavy atom. The molecule has 1 aliphatic rings. The Morgan fingerprint density at radius 1 is 1.12 bits per heavy atom. The van der Waals surface area contributed by atoms with Crippen LogP contribution in [0, 0.1) is 11.6 Å². The summed E-state index contributed by atoms with van der Waals surface area (Å²) in [5.41, 5.74) is 0.230. The molecule has 1 aromatic heterocycles. The standard InChI is InChI=1S/C15H15BrF2N4O3S/c1-20-15(23)13(16)12(9-19-20)21-5-7-22(8-6-21)26(24,25)14-10(17)3-2-4-11(14)18/h2-4,9H,5-8H2,1H3. The molecule has 0 N–H and O–H groups in total. The van der Waals surface area contributed by atoms with E-state index in [0.717, 1.165) is 22.5 Å². The summed E-state index contributed by atoms with van der Waals surface area (Å²) in [4.78, 5) is 12.8. The predicted molar refractivity (Wildman–Crippen MR) is 94.5 cm³/mol. The molecule has 2 aromatic rings. The zero-order valence-electron chi connectivity index (χ0n) is 13.7. The van der Waals surface area contributed by atoms with Gasteiger partial charge in [-0.15, -0.1) is 0 Å². The summed E-state index contributed by atoms with van der Waals surface area (Å²) >= 11 is 3.23. The van der Waals surface area contributed by atoms with Gasteiger partial charge in [-0.05, 0) is 28.1 Å². The third kappa shape index (κ3) is 3.26. The van der Waals surface area contributed by atoms with E-state index in [-0.39, 0.29) is 31.7 Å². The molecular weight excluding hydrogens is 434 g/mol. The quantitative estimate of drug-likeness (QED) is 0.707. The summed E-state index contributed by atoms with van der Waals surface area (Å²) in [6, 6.07) is 2.94. The molecular formula is C15H15BrF2N4O3S. The highest BCUT2D eigenvalue weighted by molar-refractivity contribution is 9.10. The number of rotatable bonds is 3. The van der Waals surface area contributed by atoms with Gasteiger partial charge in [0.1, 0.15) is 16.1 Å². The van der Waals surface area contributed by atoms with Crippen LogP contribution in [0.1, 0.15) is 0 Å². The van der Waals surface area contributed by atoms with Crippen LogP contribution in [0.3, 0.4) is 0 Å². The highest BCUT2D eigenvalue weighted by Gasteiger charge is 2.33. The molecule has 1 saturated heterocycles. The molecule has 3 rings (SSSR count). The molecule has 1 aliphatic heterocycles. The smallest absolute Gasteiger partial charge is 0.282 e. The summed E-state index contributed by atoms with van der Waals surface area (Å²) in [6.07, 6.45) is 1.51. The average molecular weight is 449 g/mol. The lowest BCUT2D eigenvalue weighted by atomic mass is 10.3. The fraction of sp³-hybridized carbons (Fsp3) is 0.333. The molecule has 0 spiro atoms. The predicted octanol–water partition coefficient (Wildman–Crippen LogP) is 1.33. The van der Waals surface area contributed by atoms with Crippen molar-refractivity contribution in [2.24, 2.45) is 7.05 Å². The van der Waals surface area contributed by atoms with Crippen molar-refractivity contribution in [2.45, 2.75) is 4.90 Å². The van der Waals surface area contributed by atoms with Gasteiger partial charge in [-0.1, -0.05) is 6.07 Å². The topological polar surface area (TPSA) is 75.5 Å². The largest absolute Gasteiger partial charge is 0.367 e. The number of aromatic nitrogens is 2. The third-order valence-electron chi connectivity index (χ3n) is 4.16. The average Bonchev–Trinajstić information content (AvgIpc) is 2.60. The maximum Gasteiger partial charge on any atom is 0.282 e. The molecule has 0 saturated carbocycles. The first-order valence-electron chi connectivity index (χ1n) is 7.64. The molecule has 0 unspecified atom stereocenters. The summed E-state index contributed by atoms with van der Waals surface area (Å²) in [6.45, 7) is 0.557. The second-order valence-corrected chi connectivity index (χ2v) is 8.38. The van der Waals surface area contributed by atoms with Crippen LogP contribution in [-0.2, 0) is 17.1 Å². The highest BCUT2D eigenvalue weighted by atomic mass is 79.9. The second-order valence-electron chi connectivity index (χ2n) is 5.71. The van der Waals surface area contributed by atoms with Crippen molar-refractivity contribution in [2.75, 3.05) is 31.1 Å². The Labute approximate surface area is 157 Å². The number of nitrogens with zero attached hydrogens (tertiary/aromatic N) is 4. The number of hydrogen-bond donors (Lipinski definition) is 0. The van der Waals surface area contributed by atoms with Crippen molar-refractivity contribution in [3.63, 3.8) is 0 Å². The van der Waals surface area contributed by atoms with Crippen LogP contribution in [-0.4, -0.2) is 48.7 Å². The first kappa shape index (κ1) is 18.9. The van der Waals surface area contributed by atoms with Crippen molar-refractivity contribution in [3.05, 3.63) is 50.9 Å². The van der Waals surface area contributed by atoms with Crippen molar-refractivity contribution in [3.8, 4) is 0 Å². The van der Waals surface area contributed by atoms with Gasteiger partial charge in [0.2, 0.25) is 10.0 Å². The lowest BCUT2D eigenvalue weighted by Crippen LogP contribution is -2.49. The Morgan fingerprint density at radius 2 is 1.69 bits per heavy atom. The molecule has 1 fully saturated rings. The van der Waals surface area contributed by atoms with Crippen molar-refractivity contribution >= 4 is 31.6 Å². The molecule has 11 heteroatoms. The fourth-order valence-electron chi connectivity index (χ4n) is 2.75. The molecule has 140 valence electrons. The highest BCUT2D eigenvalue weighted by Crippen LogP contribution is 2.26. The van der Waals surface area contributed by atoms with Gasteiger partial charge < -0.3 is 4.90 Å². The monoisotopic (exact) mass is 448 g/mol. The van der Waals surface area contributed by atoms with E-state index in [1.54, 1.807) is 4.90 Å². The minimum atomic E-state index is -4.29. The molecule has 0 bridgehead atoms. The van der Waals surface area contributed by atoms with Gasteiger partial charge in [-0.3, -0.25) is 4.79 Å². The van der Waals surface area contributed by atoms with E-state index in [1.165, 1.54) is 17.9 Å². The molecule has 0 radical (unpaired) electrons. The van der Waals surface area contributed by atoms with E-state index in [0.29, 0.717) is 10.2 Å². The van der Waals surface area contributed by atoms with Crippen LogP contribution < -0.4 is 10.5 Å². The van der Waals surface area contributed by atoms with E-state index in [4.69, 9.17) is 0 Å². The summed E-state index contributed by atoms with van der Waals surface area (Å²) in [5, 5.41) is 3.95. The summed E-state index contributed by atoms with van der Waals surface area (Å²) < 4.78 is 55.5. The van der Waals surface area contributed by atoms with E-state index < -0.39 is 26.6 Å². The molecule has 0 amide bonds. The van der Waals surface area contributed by atoms with Crippen LogP contribution in [0.4, 0.5) is 14.5 Å². The molecule has 26 heavy (non-hydrogen) atoms. The van der Waals surface area contributed by atoms with Gasteiger partial charge in [0.05, 0.1) is 11.9 Å². The Kier molecular flexibility index (Phi) is 5.13. The molecule has 1 aromatic carbocycles. The zero-order valence-corrected chi connectivity index (χ0v) is 16.1. The Bertz CT molecular complexity index is 984. The number of benzene rings is 1. The number of halogens is 3. The Balaban J connectivity index is 1.83. The van der Waals surface area contributed by atoms with Crippen molar-refractivity contribution in [1.29, 1.82) is 0 Å². The van der Waals surface area contributed by atoms with E-state index in [2.05, 4.69) is 21.0 Å². The molecule has 0 atom stereocenters. The number of piperazine rings is 1. The first-order chi connectivity index (χ1) is 12.2. The normalized spacial score (nSPS) is 16.1. The molecule has 2 heterocycles. The van der Waals surface area contributed by atoms with Gasteiger partial charge in [0.15, 0.2) is 4.90 Å². The number of hydrogen-bond acceptors (Lipinski definition) is 5. The van der Waals surface area contributed by atoms with Gasteiger partial charge in [0, 0.05) is 33.2 Å². The van der Waals surface area contributed by atoms with Crippen molar-refractivity contribution in [1.82, 2.24) is 14.1 Å². The third-order valence-corrected chi connectivity index (χ3v) is 6.85. The second kappa shape index (κ2) is 7.05. The van der Waals surface area contributed by atoms with Gasteiger partial charge in [-0.2, -0.15) is 9.40 Å². The minimum Gasteiger partial charge on any atom is -0.367 e. The van der Waals surface area contributed by atoms with Crippen LogP contribution in [0.25, 0.3) is 0 Å². The van der Waals surface area contributed by atoms with Crippen LogP contribution in [0.5, 0.6) is 0 Å². The number of aryl methyl sites for hydroxylation is 1. The van der Waals surface area contributed by atoms with E-state index in [9.17, 15) is 22.0 Å². The number of anilines is 1. The maximum absolute atomic E-state index is 13.9. The number of sulfonamides is 1. The van der Waals surface area contributed by atoms with Crippen molar-refractivity contribution < 1.29 is 17.2 Å². The summed E-state index contributed by atoms with van der Waals surface area (Å²) in [5.74, 6) is -2.24. The zero-order chi connectivity index (χ0) is 19.1. The first-order valence-corrected chi connectivity index (χ1v) is 9.87. The lowest BCUT2D eigenvalue weighted by molar-refractivity contribution is 0.378. The molecule has 7 nitrogen and oxygen atoms in total. The minimum absolute atomic E-state index is 0.0256. The maximum atomic E-state index is 13.9. The van der Waals surface area contributed by atoms with Gasteiger partial charge in [0.25, 0.3) is 5.56 Å². The fourth-order valence-corrected chi connectivity index (χ4v) is 4.89. The SMILES string of the molecule is Cn1ncc(N2CCN(S(=O)(=O)c3c(F)cccc3F)CC2)c(Br)c1=O. The van der Waals surface area contributed by atoms with E-state index >= 15 is 0 Å². The lowest BCUT2D eigenvalue weighted by Gasteiger charge is -2.35. The molecule has 0 aliphatic carbocycles. The van der Waals surface area contributed by atoms with Gasteiger partial charge >= 0.3 is 0 Å². The van der Waals surface area contributed by atoms with Gasteiger partial charge in [-0.25, -0.2) is 21.9 Å². The van der Waals surface area contributed by atoms with Crippen LogP contribution in [0.15, 0.2) is 38.6 Å². The van der Waals surface area contributed by atoms with Crippen LogP contribution in [0.2, 0.25) is 0 Å².